The number of thiocarbonyl (C=S) groups is 1. The van der Waals surface area contributed by atoms with Crippen LogP contribution in [0.5, 0.6) is 0 Å². The minimum absolute atomic E-state index is 0.0757. The third kappa shape index (κ3) is 5.62. The second-order valence-electron chi connectivity index (χ2n) is 8.02. The summed E-state index contributed by atoms with van der Waals surface area (Å²) in [5, 5.41) is 5.05. The highest BCUT2D eigenvalue weighted by Gasteiger charge is 2.14. The second-order valence-corrected chi connectivity index (χ2v) is 8.41. The average molecular weight is 442 g/mol. The number of rotatable bonds is 7. The highest BCUT2D eigenvalue weighted by Crippen LogP contribution is 2.15. The molecule has 3 aromatic carbocycles. The SMILES string of the molecule is Cc1ccc2cc(CN(Cc3ccccc3)C(=S)NCCc3ccccc3)c(=O)[nH]c2c1. The fraction of sp³-hybridized carbons (Fsp3) is 0.185. The quantitative estimate of drug-likeness (QED) is 0.398. The Labute approximate surface area is 193 Å². The third-order valence-corrected chi connectivity index (χ3v) is 5.88. The highest BCUT2D eigenvalue weighted by molar-refractivity contribution is 7.80. The van der Waals surface area contributed by atoms with E-state index >= 15 is 0 Å². The van der Waals surface area contributed by atoms with Gasteiger partial charge in [0.2, 0.25) is 0 Å². The van der Waals surface area contributed by atoms with Crippen molar-refractivity contribution in [2.75, 3.05) is 6.54 Å². The van der Waals surface area contributed by atoms with Crippen molar-refractivity contribution in [3.8, 4) is 0 Å². The van der Waals surface area contributed by atoms with E-state index in [1.807, 2.05) is 61.5 Å². The van der Waals surface area contributed by atoms with Crippen LogP contribution < -0.4 is 10.9 Å². The molecule has 0 aliphatic heterocycles. The Bertz CT molecular complexity index is 1250. The second kappa shape index (κ2) is 10.2. The number of hydrogen-bond donors (Lipinski definition) is 2. The number of aryl methyl sites for hydroxylation is 1. The standard InChI is InChI=1S/C27H27N3OS/c1-20-12-13-23-17-24(26(31)29-25(23)16-20)19-30(18-22-10-6-3-7-11-22)27(32)28-15-14-21-8-4-2-5-9-21/h2-13,16-17H,14-15,18-19H2,1H3,(H,28,32)(H,29,31). The predicted molar refractivity (Wildman–Crippen MR) is 136 cm³/mol. The van der Waals surface area contributed by atoms with Gasteiger partial charge in [-0.2, -0.15) is 0 Å². The van der Waals surface area contributed by atoms with Crippen molar-refractivity contribution < 1.29 is 0 Å². The topological polar surface area (TPSA) is 48.1 Å². The number of hydrogen-bond acceptors (Lipinski definition) is 2. The lowest BCUT2D eigenvalue weighted by Gasteiger charge is -2.26. The maximum Gasteiger partial charge on any atom is 0.253 e. The van der Waals surface area contributed by atoms with Crippen LogP contribution >= 0.6 is 12.2 Å². The van der Waals surface area contributed by atoms with Gasteiger partial charge in [-0.3, -0.25) is 4.79 Å². The molecule has 0 radical (unpaired) electrons. The first-order chi connectivity index (χ1) is 15.6. The van der Waals surface area contributed by atoms with Crippen LogP contribution in [0.15, 0.2) is 89.7 Å². The summed E-state index contributed by atoms with van der Waals surface area (Å²) in [7, 11) is 0. The van der Waals surface area contributed by atoms with Gasteiger partial charge in [-0.15, -0.1) is 0 Å². The Morgan fingerprint density at radius 3 is 2.31 bits per heavy atom. The van der Waals surface area contributed by atoms with Crippen molar-refractivity contribution in [3.63, 3.8) is 0 Å². The molecule has 4 nitrogen and oxygen atoms in total. The van der Waals surface area contributed by atoms with Crippen LogP contribution in [0.1, 0.15) is 22.3 Å². The van der Waals surface area contributed by atoms with Crippen molar-refractivity contribution in [2.24, 2.45) is 0 Å². The molecule has 0 spiro atoms. The number of pyridine rings is 1. The van der Waals surface area contributed by atoms with E-state index in [4.69, 9.17) is 12.2 Å². The van der Waals surface area contributed by atoms with Gasteiger partial charge in [0, 0.05) is 24.2 Å². The molecule has 0 saturated heterocycles. The van der Waals surface area contributed by atoms with E-state index in [9.17, 15) is 4.79 Å². The molecule has 5 heteroatoms. The number of nitrogens with zero attached hydrogens (tertiary/aromatic N) is 1. The lowest BCUT2D eigenvalue weighted by molar-refractivity contribution is 0.398. The summed E-state index contributed by atoms with van der Waals surface area (Å²) in [4.78, 5) is 17.9. The minimum Gasteiger partial charge on any atom is -0.362 e. The molecule has 1 heterocycles. The molecule has 0 atom stereocenters. The van der Waals surface area contributed by atoms with E-state index in [-0.39, 0.29) is 5.56 Å². The van der Waals surface area contributed by atoms with Gasteiger partial charge in [0.05, 0.1) is 6.54 Å². The van der Waals surface area contributed by atoms with Crippen LogP contribution in [0.3, 0.4) is 0 Å². The summed E-state index contributed by atoms with van der Waals surface area (Å²) in [6.45, 7) is 3.82. The number of fused-ring (bicyclic) bond motifs is 1. The van der Waals surface area contributed by atoms with Crippen LogP contribution in [-0.4, -0.2) is 21.5 Å². The summed E-state index contributed by atoms with van der Waals surface area (Å²) >= 11 is 5.75. The summed E-state index contributed by atoms with van der Waals surface area (Å²) < 4.78 is 0. The number of H-pyrrole nitrogens is 1. The van der Waals surface area contributed by atoms with Crippen LogP contribution in [-0.2, 0) is 19.5 Å². The fourth-order valence-corrected chi connectivity index (χ4v) is 3.99. The van der Waals surface area contributed by atoms with Crippen LogP contribution in [0.4, 0.5) is 0 Å². The van der Waals surface area contributed by atoms with E-state index in [1.165, 1.54) is 5.56 Å². The molecule has 4 rings (SSSR count). The molecule has 0 amide bonds. The average Bonchev–Trinajstić information content (AvgIpc) is 2.80. The number of benzene rings is 3. The molecular formula is C27H27N3OS. The third-order valence-electron chi connectivity index (χ3n) is 5.48. The number of nitrogens with one attached hydrogen (secondary N) is 2. The highest BCUT2D eigenvalue weighted by atomic mass is 32.1. The summed E-state index contributed by atoms with van der Waals surface area (Å²) in [5.41, 5.74) is 5.01. The van der Waals surface area contributed by atoms with Gasteiger partial charge in [0.15, 0.2) is 5.11 Å². The smallest absolute Gasteiger partial charge is 0.253 e. The zero-order valence-corrected chi connectivity index (χ0v) is 19.0. The van der Waals surface area contributed by atoms with Crippen molar-refractivity contribution in [1.29, 1.82) is 0 Å². The Balaban J connectivity index is 1.53. The van der Waals surface area contributed by atoms with E-state index in [2.05, 4.69) is 45.5 Å². The predicted octanol–water partition coefficient (Wildman–Crippen LogP) is 4.96. The van der Waals surface area contributed by atoms with Gasteiger partial charge in [-0.25, -0.2) is 0 Å². The van der Waals surface area contributed by atoms with Gasteiger partial charge in [0.1, 0.15) is 0 Å². The minimum atomic E-state index is -0.0757. The molecule has 0 saturated carbocycles. The monoisotopic (exact) mass is 441 g/mol. The molecule has 2 N–H and O–H groups in total. The summed E-state index contributed by atoms with van der Waals surface area (Å²) in [6.07, 6.45) is 0.885. The zero-order valence-electron chi connectivity index (χ0n) is 18.2. The molecule has 162 valence electrons. The van der Waals surface area contributed by atoms with Crippen molar-refractivity contribution in [3.05, 3.63) is 118 Å². The molecular weight excluding hydrogens is 414 g/mol. The van der Waals surface area contributed by atoms with Crippen molar-refractivity contribution in [1.82, 2.24) is 15.2 Å². The lowest BCUT2D eigenvalue weighted by Crippen LogP contribution is -2.40. The Kier molecular flexibility index (Phi) is 6.97. The molecule has 32 heavy (non-hydrogen) atoms. The summed E-state index contributed by atoms with van der Waals surface area (Å²) in [6, 6.07) is 28.6. The van der Waals surface area contributed by atoms with Crippen molar-refractivity contribution in [2.45, 2.75) is 26.4 Å². The molecule has 0 bridgehead atoms. The Morgan fingerprint density at radius 1 is 0.906 bits per heavy atom. The van der Waals surface area contributed by atoms with Crippen LogP contribution in [0.2, 0.25) is 0 Å². The van der Waals surface area contributed by atoms with Gasteiger partial charge in [-0.1, -0.05) is 72.8 Å². The van der Waals surface area contributed by atoms with Gasteiger partial charge >= 0.3 is 0 Å². The van der Waals surface area contributed by atoms with Crippen LogP contribution in [0, 0.1) is 6.92 Å². The van der Waals surface area contributed by atoms with Gasteiger partial charge in [-0.05, 0) is 59.8 Å². The van der Waals surface area contributed by atoms with Gasteiger partial charge in [0.25, 0.3) is 5.56 Å². The number of aromatic nitrogens is 1. The first-order valence-electron chi connectivity index (χ1n) is 10.8. The first kappa shape index (κ1) is 21.8. The Hall–Kier alpha value is -3.44. The fourth-order valence-electron chi connectivity index (χ4n) is 3.76. The van der Waals surface area contributed by atoms with Crippen molar-refractivity contribution >= 4 is 28.2 Å². The molecule has 1 aromatic heterocycles. The van der Waals surface area contributed by atoms with Gasteiger partial charge < -0.3 is 15.2 Å². The first-order valence-corrected chi connectivity index (χ1v) is 11.2. The molecule has 0 aliphatic carbocycles. The molecule has 0 fully saturated rings. The van der Waals surface area contributed by atoms with E-state index in [0.29, 0.717) is 23.8 Å². The van der Waals surface area contributed by atoms with E-state index in [0.717, 1.165) is 35.0 Å². The normalized spacial score (nSPS) is 10.8. The maximum absolute atomic E-state index is 12.8. The van der Waals surface area contributed by atoms with Crippen LogP contribution in [0.25, 0.3) is 10.9 Å². The molecule has 4 aromatic rings. The van der Waals surface area contributed by atoms with E-state index in [1.54, 1.807) is 0 Å². The largest absolute Gasteiger partial charge is 0.362 e. The molecule has 0 aliphatic rings. The number of aromatic amines is 1. The Morgan fingerprint density at radius 2 is 1.59 bits per heavy atom. The maximum atomic E-state index is 12.8. The summed E-state index contributed by atoms with van der Waals surface area (Å²) in [5.74, 6) is 0. The lowest BCUT2D eigenvalue weighted by atomic mass is 10.1. The molecule has 0 unspecified atom stereocenters. The van der Waals surface area contributed by atoms with E-state index < -0.39 is 0 Å². The zero-order chi connectivity index (χ0) is 22.3.